The van der Waals surface area contributed by atoms with E-state index in [1.165, 1.54) is 6.92 Å². The van der Waals surface area contributed by atoms with Crippen LogP contribution in [0.4, 0.5) is 0 Å². The van der Waals surface area contributed by atoms with Crippen molar-refractivity contribution in [3.8, 4) is 6.07 Å². The Morgan fingerprint density at radius 3 is 2.12 bits per heavy atom. The van der Waals surface area contributed by atoms with Gasteiger partial charge in [0, 0.05) is 6.92 Å². The summed E-state index contributed by atoms with van der Waals surface area (Å²) in [5, 5.41) is 7.32. The fraction of sp³-hybridized carbons (Fsp3) is 0.500. The van der Waals surface area contributed by atoms with Crippen LogP contribution in [-0.4, -0.2) is 0 Å². The van der Waals surface area contributed by atoms with Gasteiger partial charge in [0.15, 0.2) is 0 Å². The molecule has 0 aromatic rings. The molecule has 0 aromatic heterocycles. The molecule has 8 heavy (non-hydrogen) atoms. The van der Waals surface area contributed by atoms with Crippen LogP contribution >= 0.6 is 15.9 Å². The average molecular weight is 176 g/mol. The first-order valence-corrected chi connectivity index (χ1v) is 3.31. The molecular formula is C6H10BrN. The Bertz CT molecular complexity index is 81.0. The van der Waals surface area contributed by atoms with Gasteiger partial charge >= 0.3 is 0 Å². The molecule has 0 saturated heterocycles. The highest BCUT2D eigenvalue weighted by atomic mass is 79.9. The van der Waals surface area contributed by atoms with Gasteiger partial charge in [-0.2, -0.15) is 5.26 Å². The summed E-state index contributed by atoms with van der Waals surface area (Å²) in [5.74, 6) is 0. The van der Waals surface area contributed by atoms with E-state index in [9.17, 15) is 0 Å². The molecule has 46 valence electrons. The number of rotatable bonds is 1. The van der Waals surface area contributed by atoms with E-state index in [1.807, 2.05) is 11.1 Å². The molecule has 0 fully saturated rings. The zero-order chi connectivity index (χ0) is 6.83. The third kappa shape index (κ3) is 43.3. The predicted molar refractivity (Wildman–Crippen MR) is 39.6 cm³/mol. The molecule has 2 heteroatoms. The molecule has 0 saturated carbocycles. The molecule has 0 heterocycles. The normalized spacial score (nSPS) is 7.25. The van der Waals surface area contributed by atoms with Crippen molar-refractivity contribution in [2.45, 2.75) is 20.3 Å². The molecular weight excluding hydrogens is 166 g/mol. The van der Waals surface area contributed by atoms with Gasteiger partial charge in [0.25, 0.3) is 0 Å². The lowest BCUT2D eigenvalue weighted by atomic mass is 10.5. The summed E-state index contributed by atoms with van der Waals surface area (Å²) in [5.41, 5.74) is 0. The van der Waals surface area contributed by atoms with Crippen molar-refractivity contribution >= 4 is 15.9 Å². The topological polar surface area (TPSA) is 23.8 Å². The minimum Gasteiger partial charge on any atom is -0.199 e. The lowest BCUT2D eigenvalue weighted by Gasteiger charge is -1.63. The standard InChI is InChI=1S/C4H7Br.C2H3N/c1-2-3-4-5;1-2-3/h3-4H,2H2,1H3;1H3/b4-3+;. The zero-order valence-electron chi connectivity index (χ0n) is 5.19. The van der Waals surface area contributed by atoms with E-state index in [0.717, 1.165) is 6.42 Å². The van der Waals surface area contributed by atoms with E-state index in [-0.39, 0.29) is 0 Å². The molecule has 0 rings (SSSR count). The molecule has 0 aliphatic heterocycles. The molecule has 0 aliphatic rings. The lowest BCUT2D eigenvalue weighted by molar-refractivity contribution is 1.23. The van der Waals surface area contributed by atoms with Crippen molar-refractivity contribution < 1.29 is 0 Å². The summed E-state index contributed by atoms with van der Waals surface area (Å²) in [6.07, 6.45) is 3.16. The fourth-order valence-corrected chi connectivity index (χ4v) is 0.463. The molecule has 0 atom stereocenters. The molecule has 0 N–H and O–H groups in total. The number of allylic oxidation sites excluding steroid dienone is 1. The maximum absolute atomic E-state index is 7.32. The van der Waals surface area contributed by atoms with Gasteiger partial charge in [-0.1, -0.05) is 28.9 Å². The highest BCUT2D eigenvalue weighted by molar-refractivity contribution is 9.11. The molecule has 0 aliphatic carbocycles. The maximum Gasteiger partial charge on any atom is 0.0587 e. The quantitative estimate of drug-likeness (QED) is 0.602. The van der Waals surface area contributed by atoms with Crippen molar-refractivity contribution in [1.29, 1.82) is 5.26 Å². The summed E-state index contributed by atoms with van der Waals surface area (Å²) in [7, 11) is 0. The van der Waals surface area contributed by atoms with Crippen LogP contribution in [0.5, 0.6) is 0 Å². The smallest absolute Gasteiger partial charge is 0.0587 e. The lowest BCUT2D eigenvalue weighted by Crippen LogP contribution is -1.40. The third-order valence-corrected chi connectivity index (χ3v) is 0.699. The largest absolute Gasteiger partial charge is 0.199 e. The van der Waals surface area contributed by atoms with Gasteiger partial charge in [0.05, 0.1) is 6.07 Å². The van der Waals surface area contributed by atoms with Gasteiger partial charge in [-0.25, -0.2) is 0 Å². The second-order valence-corrected chi connectivity index (χ2v) is 1.52. The van der Waals surface area contributed by atoms with Crippen molar-refractivity contribution in [2.24, 2.45) is 0 Å². The van der Waals surface area contributed by atoms with Crippen LogP contribution in [0.2, 0.25) is 0 Å². The maximum atomic E-state index is 7.32. The number of hydrogen-bond acceptors (Lipinski definition) is 1. The fourth-order valence-electron chi connectivity index (χ4n) is 0.0891. The van der Waals surface area contributed by atoms with Crippen molar-refractivity contribution in [2.75, 3.05) is 0 Å². The van der Waals surface area contributed by atoms with Crippen LogP contribution < -0.4 is 0 Å². The van der Waals surface area contributed by atoms with E-state index in [0.29, 0.717) is 0 Å². The second-order valence-electron chi connectivity index (χ2n) is 0.994. The molecule has 0 aromatic carbocycles. The van der Waals surface area contributed by atoms with Gasteiger partial charge in [-0.15, -0.1) is 0 Å². The van der Waals surface area contributed by atoms with Crippen molar-refractivity contribution in [1.82, 2.24) is 0 Å². The third-order valence-electron chi connectivity index (χ3n) is 0.325. The van der Waals surface area contributed by atoms with Gasteiger partial charge in [-0.3, -0.25) is 0 Å². The Labute approximate surface area is 59.1 Å². The van der Waals surface area contributed by atoms with Crippen LogP contribution in [-0.2, 0) is 0 Å². The highest BCUT2D eigenvalue weighted by Crippen LogP contribution is 1.83. The molecule has 0 radical (unpaired) electrons. The first-order valence-electron chi connectivity index (χ1n) is 2.39. The van der Waals surface area contributed by atoms with Crippen LogP contribution in [0.1, 0.15) is 20.3 Å². The first-order chi connectivity index (χ1) is 3.83. The number of hydrogen-bond donors (Lipinski definition) is 0. The van der Waals surface area contributed by atoms with Gasteiger partial charge < -0.3 is 0 Å². The molecule has 0 unspecified atom stereocenters. The van der Waals surface area contributed by atoms with Gasteiger partial charge in [-0.05, 0) is 11.4 Å². The monoisotopic (exact) mass is 175 g/mol. The Balaban J connectivity index is 0. The Hall–Kier alpha value is -0.290. The van der Waals surface area contributed by atoms with Crippen LogP contribution in [0, 0.1) is 11.3 Å². The van der Waals surface area contributed by atoms with Gasteiger partial charge in [0.1, 0.15) is 0 Å². The summed E-state index contributed by atoms with van der Waals surface area (Å²) in [6, 6.07) is 1.75. The van der Waals surface area contributed by atoms with E-state index in [2.05, 4.69) is 22.9 Å². The summed E-state index contributed by atoms with van der Waals surface area (Å²) < 4.78 is 0. The number of nitriles is 1. The van der Waals surface area contributed by atoms with Crippen LogP contribution in [0.3, 0.4) is 0 Å². The molecule has 1 nitrogen and oxygen atoms in total. The average Bonchev–Trinajstić information content (AvgIpc) is 1.71. The van der Waals surface area contributed by atoms with Gasteiger partial charge in [0.2, 0.25) is 0 Å². The van der Waals surface area contributed by atoms with Crippen LogP contribution in [0.25, 0.3) is 0 Å². The Kier molecular flexibility index (Phi) is 21.2. The van der Waals surface area contributed by atoms with E-state index in [4.69, 9.17) is 5.26 Å². The minimum absolute atomic E-state index is 1.12. The van der Waals surface area contributed by atoms with E-state index >= 15 is 0 Å². The minimum atomic E-state index is 1.12. The second kappa shape index (κ2) is 15.9. The van der Waals surface area contributed by atoms with E-state index < -0.39 is 0 Å². The molecule has 0 amide bonds. The first kappa shape index (κ1) is 10.6. The SMILES string of the molecule is CC#N.CC/C=C/Br. The number of nitrogens with zero attached hydrogens (tertiary/aromatic N) is 1. The zero-order valence-corrected chi connectivity index (χ0v) is 6.77. The molecule has 0 spiro atoms. The van der Waals surface area contributed by atoms with Crippen LogP contribution in [0.15, 0.2) is 11.1 Å². The van der Waals surface area contributed by atoms with Crippen molar-refractivity contribution in [3.05, 3.63) is 11.1 Å². The van der Waals surface area contributed by atoms with Crippen molar-refractivity contribution in [3.63, 3.8) is 0 Å². The Morgan fingerprint density at radius 1 is 1.75 bits per heavy atom. The number of halogens is 1. The predicted octanol–water partition coefficient (Wildman–Crippen LogP) is 2.83. The summed E-state index contributed by atoms with van der Waals surface area (Å²) >= 11 is 3.13. The molecule has 0 bridgehead atoms. The highest BCUT2D eigenvalue weighted by Gasteiger charge is 1.53. The summed E-state index contributed by atoms with van der Waals surface area (Å²) in [4.78, 5) is 1.87. The summed E-state index contributed by atoms with van der Waals surface area (Å²) in [6.45, 7) is 3.53. The Morgan fingerprint density at radius 2 is 2.12 bits per heavy atom. The van der Waals surface area contributed by atoms with E-state index in [1.54, 1.807) is 6.07 Å².